The maximum Gasteiger partial charge on any atom is 0.253 e. The van der Waals surface area contributed by atoms with Crippen LogP contribution in [0.4, 0.5) is 0 Å². The first-order valence-electron chi connectivity index (χ1n) is 7.08. The highest BCUT2D eigenvalue weighted by molar-refractivity contribution is 7.88. The van der Waals surface area contributed by atoms with Gasteiger partial charge >= 0.3 is 0 Å². The number of amides is 1. The van der Waals surface area contributed by atoms with Crippen molar-refractivity contribution in [3.63, 3.8) is 0 Å². The average Bonchev–Trinajstić information content (AvgIpc) is 2.46. The maximum absolute atomic E-state index is 12.4. The molecule has 1 aliphatic rings. The van der Waals surface area contributed by atoms with Crippen molar-refractivity contribution in [2.45, 2.75) is 25.8 Å². The van der Waals surface area contributed by atoms with Crippen molar-refractivity contribution >= 4 is 15.9 Å². The zero-order valence-electron chi connectivity index (χ0n) is 12.7. The van der Waals surface area contributed by atoms with Gasteiger partial charge in [0.25, 0.3) is 5.91 Å². The van der Waals surface area contributed by atoms with Gasteiger partial charge in [0.15, 0.2) is 0 Å². The van der Waals surface area contributed by atoms with Crippen molar-refractivity contribution in [3.8, 4) is 0 Å². The van der Waals surface area contributed by atoms with E-state index in [-0.39, 0.29) is 11.9 Å². The quantitative estimate of drug-likeness (QED) is 0.850. The Morgan fingerprint density at radius 2 is 1.71 bits per heavy atom. The van der Waals surface area contributed by atoms with Crippen LogP contribution in [0.5, 0.6) is 0 Å². The van der Waals surface area contributed by atoms with E-state index < -0.39 is 10.0 Å². The second-order valence-corrected chi connectivity index (χ2v) is 7.71. The molecule has 0 aromatic heterocycles. The Hall–Kier alpha value is -1.40. The van der Waals surface area contributed by atoms with E-state index in [1.54, 1.807) is 11.9 Å². The summed E-state index contributed by atoms with van der Waals surface area (Å²) in [5, 5.41) is 0. The van der Waals surface area contributed by atoms with Crippen molar-refractivity contribution < 1.29 is 13.2 Å². The lowest BCUT2D eigenvalue weighted by Gasteiger charge is -2.35. The van der Waals surface area contributed by atoms with Crippen LogP contribution in [0.25, 0.3) is 0 Å². The zero-order valence-corrected chi connectivity index (χ0v) is 13.6. The number of piperidine rings is 1. The van der Waals surface area contributed by atoms with Gasteiger partial charge in [0, 0.05) is 31.7 Å². The fourth-order valence-electron chi connectivity index (χ4n) is 2.58. The van der Waals surface area contributed by atoms with Crippen LogP contribution in [-0.4, -0.2) is 56.0 Å². The highest BCUT2D eigenvalue weighted by Gasteiger charge is 2.29. The Labute approximate surface area is 126 Å². The smallest absolute Gasteiger partial charge is 0.253 e. The predicted octanol–water partition coefficient (Wildman–Crippen LogP) is 1.49. The van der Waals surface area contributed by atoms with Gasteiger partial charge in [-0.1, -0.05) is 17.7 Å². The third-order valence-corrected chi connectivity index (χ3v) is 5.43. The first-order chi connectivity index (χ1) is 9.79. The number of carbonyl (C=O) groups is 1. The molecule has 1 aromatic carbocycles. The van der Waals surface area contributed by atoms with Crippen molar-refractivity contribution in [2.75, 3.05) is 26.4 Å². The Morgan fingerprint density at radius 1 is 1.19 bits per heavy atom. The van der Waals surface area contributed by atoms with Crippen molar-refractivity contribution in [1.29, 1.82) is 0 Å². The SMILES string of the molecule is Cc1ccc(C(=O)N2CCC(N(C)S(C)(=O)=O)CC2)cc1. The van der Waals surface area contributed by atoms with Crippen LogP contribution in [0.1, 0.15) is 28.8 Å². The lowest BCUT2D eigenvalue weighted by molar-refractivity contribution is 0.0686. The molecule has 0 spiro atoms. The number of sulfonamides is 1. The molecule has 1 aromatic rings. The van der Waals surface area contributed by atoms with Crippen LogP contribution in [-0.2, 0) is 10.0 Å². The first kappa shape index (κ1) is 16.0. The summed E-state index contributed by atoms with van der Waals surface area (Å²) in [7, 11) is -1.56. The lowest BCUT2D eigenvalue weighted by atomic mass is 10.0. The Balaban J connectivity index is 1.98. The Bertz CT molecular complexity index is 602. The molecule has 6 heteroatoms. The molecule has 0 N–H and O–H groups in total. The summed E-state index contributed by atoms with van der Waals surface area (Å²) >= 11 is 0. The van der Waals surface area contributed by atoms with E-state index in [1.165, 1.54) is 10.6 Å². The van der Waals surface area contributed by atoms with Gasteiger partial charge in [0.2, 0.25) is 10.0 Å². The van der Waals surface area contributed by atoms with Crippen molar-refractivity contribution in [3.05, 3.63) is 35.4 Å². The third kappa shape index (κ3) is 3.83. The number of likely N-dealkylation sites (tertiary alicyclic amines) is 1. The molecule has 5 nitrogen and oxygen atoms in total. The summed E-state index contributed by atoms with van der Waals surface area (Å²) in [5.74, 6) is 0.0236. The lowest BCUT2D eigenvalue weighted by Crippen LogP contribution is -2.47. The minimum Gasteiger partial charge on any atom is -0.339 e. The zero-order chi connectivity index (χ0) is 15.6. The molecule has 0 saturated carbocycles. The topological polar surface area (TPSA) is 57.7 Å². The number of benzene rings is 1. The molecular formula is C15H22N2O3S. The van der Waals surface area contributed by atoms with Crippen LogP contribution in [0.3, 0.4) is 0 Å². The number of rotatable bonds is 3. The van der Waals surface area contributed by atoms with Crippen molar-refractivity contribution in [2.24, 2.45) is 0 Å². The molecule has 1 heterocycles. The minimum absolute atomic E-state index is 0.0120. The summed E-state index contributed by atoms with van der Waals surface area (Å²) in [6.45, 7) is 3.18. The Morgan fingerprint density at radius 3 is 2.19 bits per heavy atom. The minimum atomic E-state index is -3.17. The van der Waals surface area contributed by atoms with Crippen LogP contribution in [0.2, 0.25) is 0 Å². The van der Waals surface area contributed by atoms with Crippen LogP contribution < -0.4 is 0 Å². The van der Waals surface area contributed by atoms with Gasteiger partial charge < -0.3 is 4.90 Å². The third-order valence-electron chi connectivity index (χ3n) is 4.09. The molecule has 0 aliphatic carbocycles. The van der Waals surface area contributed by atoms with Crippen LogP contribution in [0.15, 0.2) is 24.3 Å². The fraction of sp³-hybridized carbons (Fsp3) is 0.533. The molecule has 1 saturated heterocycles. The van der Waals surface area contributed by atoms with E-state index >= 15 is 0 Å². The Kier molecular flexibility index (Phi) is 4.68. The van der Waals surface area contributed by atoms with Crippen molar-refractivity contribution in [1.82, 2.24) is 9.21 Å². The van der Waals surface area contributed by atoms with Crippen LogP contribution in [0, 0.1) is 6.92 Å². The van der Waals surface area contributed by atoms with Gasteiger partial charge in [-0.05, 0) is 31.9 Å². The molecule has 1 fully saturated rings. The standard InChI is InChI=1S/C15H22N2O3S/c1-12-4-6-13(7-5-12)15(18)17-10-8-14(9-11-17)16(2)21(3,19)20/h4-7,14H,8-11H2,1-3H3. The molecular weight excluding hydrogens is 288 g/mol. The number of nitrogens with zero attached hydrogens (tertiary/aromatic N) is 2. The maximum atomic E-state index is 12.4. The summed E-state index contributed by atoms with van der Waals surface area (Å²) in [4.78, 5) is 14.2. The number of aryl methyl sites for hydroxylation is 1. The molecule has 2 rings (SSSR count). The molecule has 116 valence electrons. The van der Waals surface area contributed by atoms with Gasteiger partial charge in [0.1, 0.15) is 0 Å². The average molecular weight is 310 g/mol. The number of hydrogen-bond donors (Lipinski definition) is 0. The molecule has 21 heavy (non-hydrogen) atoms. The van der Waals surface area contributed by atoms with E-state index in [0.29, 0.717) is 31.5 Å². The first-order valence-corrected chi connectivity index (χ1v) is 8.93. The number of carbonyl (C=O) groups excluding carboxylic acids is 1. The summed E-state index contributed by atoms with van der Waals surface area (Å²) in [5.41, 5.74) is 1.82. The predicted molar refractivity (Wildman–Crippen MR) is 82.7 cm³/mol. The van der Waals surface area contributed by atoms with Gasteiger partial charge in [-0.2, -0.15) is 0 Å². The molecule has 0 unspecified atom stereocenters. The molecule has 1 amide bonds. The fourth-order valence-corrected chi connectivity index (χ4v) is 3.33. The van der Waals surface area contributed by atoms with E-state index in [2.05, 4.69) is 0 Å². The van der Waals surface area contributed by atoms with E-state index in [9.17, 15) is 13.2 Å². The van der Waals surface area contributed by atoms with E-state index in [0.717, 1.165) is 5.56 Å². The van der Waals surface area contributed by atoms with Gasteiger partial charge in [-0.15, -0.1) is 0 Å². The van der Waals surface area contributed by atoms with E-state index in [1.807, 2.05) is 31.2 Å². The highest BCUT2D eigenvalue weighted by atomic mass is 32.2. The second kappa shape index (κ2) is 6.15. The summed E-state index contributed by atoms with van der Waals surface area (Å²) in [6, 6.07) is 7.52. The summed E-state index contributed by atoms with van der Waals surface area (Å²) < 4.78 is 24.5. The largest absolute Gasteiger partial charge is 0.339 e. The van der Waals surface area contributed by atoms with Gasteiger partial charge in [0.05, 0.1) is 6.26 Å². The van der Waals surface area contributed by atoms with E-state index in [4.69, 9.17) is 0 Å². The normalized spacial score (nSPS) is 17.2. The molecule has 0 bridgehead atoms. The highest BCUT2D eigenvalue weighted by Crippen LogP contribution is 2.19. The molecule has 1 aliphatic heterocycles. The summed E-state index contributed by atoms with van der Waals surface area (Å²) in [6.07, 6.45) is 2.58. The molecule has 0 radical (unpaired) electrons. The van der Waals surface area contributed by atoms with Gasteiger partial charge in [-0.25, -0.2) is 12.7 Å². The van der Waals surface area contributed by atoms with Gasteiger partial charge in [-0.3, -0.25) is 4.79 Å². The second-order valence-electron chi connectivity index (χ2n) is 5.67. The number of hydrogen-bond acceptors (Lipinski definition) is 3. The van der Waals surface area contributed by atoms with Crippen LogP contribution >= 0.6 is 0 Å². The monoisotopic (exact) mass is 310 g/mol. The molecule has 0 atom stereocenters.